The number of ketones is 2. The van der Waals surface area contributed by atoms with E-state index >= 15 is 0 Å². The second kappa shape index (κ2) is 8.76. The highest BCUT2D eigenvalue weighted by Gasteiger charge is 2.49. The van der Waals surface area contributed by atoms with Crippen molar-refractivity contribution in [3.63, 3.8) is 0 Å². The molecule has 0 radical (unpaired) electrons. The summed E-state index contributed by atoms with van der Waals surface area (Å²) in [5.41, 5.74) is 2.69. The Morgan fingerprint density at radius 1 is 1.11 bits per heavy atom. The summed E-state index contributed by atoms with van der Waals surface area (Å²) in [5, 5.41) is 64.7. The number of carbonyl (C=O) groups excluding carboxylic acids is 2. The number of carbonyl (C=O) groups is 2. The fourth-order valence-electron chi connectivity index (χ4n) is 5.58. The first-order valence-electron chi connectivity index (χ1n) is 12.0. The van der Waals surface area contributed by atoms with Crippen LogP contribution in [0.2, 0.25) is 0 Å². The first kappa shape index (κ1) is 25.6. The van der Waals surface area contributed by atoms with Gasteiger partial charge < -0.3 is 45.8 Å². The van der Waals surface area contributed by atoms with Gasteiger partial charge in [0.15, 0.2) is 12.1 Å². The molecule has 3 aliphatic rings. The lowest BCUT2D eigenvalue weighted by atomic mass is 9.71. The Labute approximate surface area is 211 Å². The minimum absolute atomic E-state index is 0.0439. The van der Waals surface area contributed by atoms with E-state index in [1.54, 1.807) is 6.92 Å². The van der Waals surface area contributed by atoms with Crippen molar-refractivity contribution in [1.29, 1.82) is 0 Å². The summed E-state index contributed by atoms with van der Waals surface area (Å²) in [6.45, 7) is 2.96. The third-order valence-corrected chi connectivity index (χ3v) is 7.75. The number of aliphatic hydroxyl groups is 3. The summed E-state index contributed by atoms with van der Waals surface area (Å²) in [6, 6.07) is 3.25. The lowest BCUT2D eigenvalue weighted by Gasteiger charge is -2.43. The van der Waals surface area contributed by atoms with Crippen molar-refractivity contribution in [2.45, 2.75) is 75.5 Å². The van der Waals surface area contributed by atoms with Gasteiger partial charge in [-0.05, 0) is 19.9 Å². The number of hydrogen-bond acceptors (Lipinski definition) is 11. The first-order valence-corrected chi connectivity index (χ1v) is 12.0. The molecule has 1 unspecified atom stereocenters. The van der Waals surface area contributed by atoms with Gasteiger partial charge in [0, 0.05) is 42.0 Å². The molecule has 0 aromatic heterocycles. The quantitative estimate of drug-likeness (QED) is 0.240. The Morgan fingerprint density at radius 3 is 2.43 bits per heavy atom. The average molecular weight is 516 g/mol. The van der Waals surface area contributed by atoms with Gasteiger partial charge in [-0.3, -0.25) is 9.59 Å². The molecule has 198 valence electrons. The number of rotatable bonds is 3. The monoisotopic (exact) mass is 515 g/mol. The van der Waals surface area contributed by atoms with Crippen LogP contribution in [0.25, 0.3) is 0 Å². The summed E-state index contributed by atoms with van der Waals surface area (Å²) >= 11 is 0. The average Bonchev–Trinajstić information content (AvgIpc) is 2.82. The molecule has 5 rings (SSSR count). The maximum atomic E-state index is 13.4. The van der Waals surface area contributed by atoms with Crippen molar-refractivity contribution in [3.05, 3.63) is 51.6 Å². The van der Waals surface area contributed by atoms with Gasteiger partial charge in [0.25, 0.3) is 0 Å². The first-order chi connectivity index (χ1) is 17.4. The normalized spacial score (nSPS) is 31.9. The van der Waals surface area contributed by atoms with Gasteiger partial charge in [-0.1, -0.05) is 12.1 Å². The highest BCUT2D eigenvalue weighted by atomic mass is 16.7. The third-order valence-electron chi connectivity index (χ3n) is 7.75. The Kier molecular flexibility index (Phi) is 6.06. The van der Waals surface area contributed by atoms with Gasteiger partial charge >= 0.3 is 0 Å². The van der Waals surface area contributed by atoms with Crippen LogP contribution in [0.4, 0.5) is 0 Å². The summed E-state index contributed by atoms with van der Waals surface area (Å²) in [5.74, 6) is -3.37. The van der Waals surface area contributed by atoms with Crippen molar-refractivity contribution >= 4 is 11.6 Å². The van der Waals surface area contributed by atoms with Gasteiger partial charge in [0.2, 0.25) is 5.78 Å². The lowest BCUT2D eigenvalue weighted by molar-refractivity contribution is -0.250. The van der Waals surface area contributed by atoms with Gasteiger partial charge in [0.05, 0.1) is 46.7 Å². The van der Waals surface area contributed by atoms with E-state index < -0.39 is 82.3 Å². The molecule has 0 saturated carbocycles. The number of ether oxygens (including phenoxy) is 2. The van der Waals surface area contributed by atoms with Crippen LogP contribution in [0.15, 0.2) is 18.2 Å². The summed E-state index contributed by atoms with van der Waals surface area (Å²) < 4.78 is 11.8. The molecule has 0 amide bonds. The van der Waals surface area contributed by atoms with Gasteiger partial charge in [0.1, 0.15) is 17.2 Å². The van der Waals surface area contributed by atoms with Crippen LogP contribution < -0.4 is 5.73 Å². The zero-order valence-electron chi connectivity index (χ0n) is 20.2. The van der Waals surface area contributed by atoms with E-state index in [2.05, 4.69) is 0 Å². The SMILES string of the molecule is CC(O)[C@]1(O)Cc2c(O)c3c(c(O)c2[C@@H](O[C@H]2C[C@H](N)[C@H](O)[C@H](C)O2)C1)C(=O)c1c(O)cccc1C3=O. The molecule has 1 aliphatic heterocycles. The maximum Gasteiger partial charge on any atom is 0.202 e. The maximum absolute atomic E-state index is 13.4. The van der Waals surface area contributed by atoms with Crippen LogP contribution in [-0.2, 0) is 15.9 Å². The third kappa shape index (κ3) is 3.81. The molecule has 1 heterocycles. The van der Waals surface area contributed by atoms with E-state index in [-0.39, 0.29) is 41.5 Å². The summed E-state index contributed by atoms with van der Waals surface area (Å²) in [4.78, 5) is 26.7. The molecule has 0 spiro atoms. The minimum Gasteiger partial charge on any atom is -0.507 e. The molecule has 2 aliphatic carbocycles. The zero-order chi connectivity index (χ0) is 27.0. The Hall–Kier alpha value is -3.06. The Morgan fingerprint density at radius 2 is 1.78 bits per heavy atom. The highest BCUT2D eigenvalue weighted by Crippen LogP contribution is 2.52. The van der Waals surface area contributed by atoms with E-state index in [0.717, 1.165) is 0 Å². The standard InChI is InChI=1S/C26H29NO10/c1-9-21(30)13(27)6-16(36-9)37-15-8-26(35,10(2)28)7-12-18(15)25(34)20-19(23(12)32)22(31)11-4-3-5-14(29)17(11)24(20)33/h3-5,9-10,13,15-16,21,28-30,32,34-35H,6-8,27H2,1-2H3/t9-,10?,13-,15-,16-,21+,26-/m0/s1. The number of fused-ring (bicyclic) bond motifs is 3. The van der Waals surface area contributed by atoms with Gasteiger partial charge in [-0.15, -0.1) is 0 Å². The molecule has 37 heavy (non-hydrogen) atoms. The van der Waals surface area contributed by atoms with Crippen LogP contribution >= 0.6 is 0 Å². The minimum atomic E-state index is -1.82. The second-order valence-corrected chi connectivity index (χ2v) is 10.1. The Balaban J connectivity index is 1.67. The number of phenolic OH excluding ortho intramolecular Hbond substituents is 3. The topological polar surface area (TPSA) is 200 Å². The molecule has 8 N–H and O–H groups in total. The molecular weight excluding hydrogens is 486 g/mol. The molecule has 7 atom stereocenters. The Bertz CT molecular complexity index is 1290. The van der Waals surface area contributed by atoms with E-state index in [4.69, 9.17) is 15.2 Å². The molecule has 0 bridgehead atoms. The van der Waals surface area contributed by atoms with Gasteiger partial charge in [-0.25, -0.2) is 0 Å². The molecule has 2 aromatic rings. The number of benzene rings is 2. The predicted molar refractivity (Wildman–Crippen MR) is 126 cm³/mol. The summed E-state index contributed by atoms with van der Waals surface area (Å²) in [7, 11) is 0. The van der Waals surface area contributed by atoms with Gasteiger partial charge in [-0.2, -0.15) is 0 Å². The zero-order valence-corrected chi connectivity index (χ0v) is 20.2. The number of aromatic hydroxyl groups is 3. The molecule has 11 nitrogen and oxygen atoms in total. The van der Waals surface area contributed by atoms with E-state index in [0.29, 0.717) is 0 Å². The van der Waals surface area contributed by atoms with E-state index in [9.17, 15) is 40.2 Å². The predicted octanol–water partition coefficient (Wildman–Crippen LogP) is 0.518. The van der Waals surface area contributed by atoms with Crippen LogP contribution in [0.1, 0.15) is 75.8 Å². The van der Waals surface area contributed by atoms with Crippen LogP contribution in [-0.4, -0.2) is 78.5 Å². The number of phenols is 3. The number of hydrogen-bond donors (Lipinski definition) is 7. The van der Waals surface area contributed by atoms with Crippen molar-refractivity contribution in [1.82, 2.24) is 0 Å². The molecule has 11 heteroatoms. The number of aliphatic hydroxyl groups excluding tert-OH is 2. The second-order valence-electron chi connectivity index (χ2n) is 10.1. The molecule has 1 fully saturated rings. The highest BCUT2D eigenvalue weighted by molar-refractivity contribution is 6.31. The summed E-state index contributed by atoms with van der Waals surface area (Å²) in [6.07, 6.45) is -5.63. The molecule has 2 aromatic carbocycles. The fraction of sp³-hybridized carbons (Fsp3) is 0.462. The van der Waals surface area contributed by atoms with E-state index in [1.165, 1.54) is 25.1 Å². The number of nitrogens with two attached hydrogens (primary N) is 1. The molecular formula is C26H29NO10. The van der Waals surface area contributed by atoms with Crippen LogP contribution in [0.3, 0.4) is 0 Å². The van der Waals surface area contributed by atoms with Crippen LogP contribution in [0.5, 0.6) is 17.2 Å². The van der Waals surface area contributed by atoms with Crippen molar-refractivity contribution in [3.8, 4) is 17.2 Å². The van der Waals surface area contributed by atoms with Crippen molar-refractivity contribution < 1.29 is 49.7 Å². The molecule has 1 saturated heterocycles. The van der Waals surface area contributed by atoms with Crippen molar-refractivity contribution in [2.75, 3.05) is 0 Å². The largest absolute Gasteiger partial charge is 0.507 e. The fourth-order valence-corrected chi connectivity index (χ4v) is 5.58. The smallest absolute Gasteiger partial charge is 0.202 e. The van der Waals surface area contributed by atoms with E-state index in [1.807, 2.05) is 0 Å². The van der Waals surface area contributed by atoms with Crippen LogP contribution in [0, 0.1) is 0 Å². The lowest BCUT2D eigenvalue weighted by Crippen LogP contribution is -2.53. The van der Waals surface area contributed by atoms with Crippen molar-refractivity contribution in [2.24, 2.45) is 5.73 Å².